The Morgan fingerprint density at radius 1 is 1.29 bits per heavy atom. The number of hydrazone groups is 1. The maximum Gasteiger partial charge on any atom is 0.277 e. The number of carbonyl (C=O) groups is 1. The van der Waals surface area contributed by atoms with Crippen molar-refractivity contribution >= 4 is 28.1 Å². The van der Waals surface area contributed by atoms with Crippen molar-refractivity contribution in [2.24, 2.45) is 5.10 Å². The third-order valence-corrected chi connectivity index (χ3v) is 4.05. The second kappa shape index (κ2) is 8.64. The van der Waals surface area contributed by atoms with E-state index in [0.717, 1.165) is 15.6 Å². The molecule has 0 bridgehead atoms. The van der Waals surface area contributed by atoms with Gasteiger partial charge in [0.05, 0.1) is 10.7 Å². The van der Waals surface area contributed by atoms with Crippen molar-refractivity contribution in [1.82, 2.24) is 5.43 Å². The van der Waals surface area contributed by atoms with E-state index in [-0.39, 0.29) is 12.5 Å². The number of hydrogen-bond acceptors (Lipinski definition) is 3. The van der Waals surface area contributed by atoms with Gasteiger partial charge < -0.3 is 4.74 Å². The molecule has 0 atom stereocenters. The van der Waals surface area contributed by atoms with Crippen LogP contribution in [-0.2, 0) is 4.79 Å². The van der Waals surface area contributed by atoms with Crippen molar-refractivity contribution in [3.05, 3.63) is 63.6 Å². The molecule has 2 aromatic rings. The van der Waals surface area contributed by atoms with Crippen molar-refractivity contribution in [3.63, 3.8) is 0 Å². The molecule has 126 valence electrons. The van der Waals surface area contributed by atoms with Gasteiger partial charge in [-0.3, -0.25) is 4.79 Å². The molecule has 0 aromatic heterocycles. The lowest BCUT2D eigenvalue weighted by Crippen LogP contribution is -2.24. The van der Waals surface area contributed by atoms with Crippen molar-refractivity contribution in [2.45, 2.75) is 26.7 Å². The van der Waals surface area contributed by atoms with Crippen LogP contribution in [0.15, 0.2) is 52.0 Å². The van der Waals surface area contributed by atoms with E-state index >= 15 is 0 Å². The van der Waals surface area contributed by atoms with Crippen LogP contribution in [0.5, 0.6) is 5.75 Å². The zero-order chi connectivity index (χ0) is 17.5. The molecule has 2 rings (SSSR count). The van der Waals surface area contributed by atoms with Crippen LogP contribution in [0.4, 0.5) is 0 Å². The van der Waals surface area contributed by atoms with Crippen LogP contribution >= 0.6 is 15.9 Å². The molecule has 1 amide bonds. The van der Waals surface area contributed by atoms with Gasteiger partial charge in [-0.2, -0.15) is 5.10 Å². The van der Waals surface area contributed by atoms with Gasteiger partial charge in [0.2, 0.25) is 0 Å². The number of rotatable bonds is 6. The molecule has 0 aliphatic carbocycles. The summed E-state index contributed by atoms with van der Waals surface area (Å²) in [5.41, 5.74) is 5.75. The van der Waals surface area contributed by atoms with E-state index < -0.39 is 0 Å². The lowest BCUT2D eigenvalue weighted by atomic mass is 10.0. The number of hydrogen-bond donors (Lipinski definition) is 1. The monoisotopic (exact) mass is 388 g/mol. The Labute approximate surface area is 151 Å². The highest BCUT2D eigenvalue weighted by atomic mass is 79.9. The van der Waals surface area contributed by atoms with E-state index in [1.165, 1.54) is 5.56 Å². The zero-order valence-electron chi connectivity index (χ0n) is 14.0. The molecular formula is C19H21BrN2O2. The van der Waals surface area contributed by atoms with Gasteiger partial charge in [0.1, 0.15) is 5.75 Å². The SMILES string of the molecule is Cc1cccc(/C=N/NC(=O)COc2ccc(C(C)C)cc2Br)c1. The molecule has 2 aromatic carbocycles. The zero-order valence-corrected chi connectivity index (χ0v) is 15.6. The number of carbonyl (C=O) groups excluding carboxylic acids is 1. The molecule has 0 saturated heterocycles. The predicted molar refractivity (Wildman–Crippen MR) is 101 cm³/mol. The third kappa shape index (κ3) is 5.49. The second-order valence-electron chi connectivity index (χ2n) is 5.84. The number of amides is 1. The summed E-state index contributed by atoms with van der Waals surface area (Å²) in [6, 6.07) is 13.7. The molecule has 24 heavy (non-hydrogen) atoms. The molecule has 0 heterocycles. The van der Waals surface area contributed by atoms with E-state index in [4.69, 9.17) is 4.74 Å². The molecular weight excluding hydrogens is 368 g/mol. The highest BCUT2D eigenvalue weighted by Gasteiger charge is 2.07. The van der Waals surface area contributed by atoms with E-state index in [0.29, 0.717) is 11.7 Å². The summed E-state index contributed by atoms with van der Waals surface area (Å²) in [6.45, 7) is 6.17. The Kier molecular flexibility index (Phi) is 6.55. The summed E-state index contributed by atoms with van der Waals surface area (Å²) in [4.78, 5) is 11.8. The van der Waals surface area contributed by atoms with Crippen molar-refractivity contribution < 1.29 is 9.53 Å². The summed E-state index contributed by atoms with van der Waals surface area (Å²) < 4.78 is 6.36. The molecule has 5 heteroatoms. The Morgan fingerprint density at radius 3 is 2.75 bits per heavy atom. The fourth-order valence-corrected chi connectivity index (χ4v) is 2.61. The number of ether oxygens (including phenoxy) is 1. The highest BCUT2D eigenvalue weighted by molar-refractivity contribution is 9.10. The van der Waals surface area contributed by atoms with E-state index in [9.17, 15) is 4.79 Å². The average molecular weight is 389 g/mol. The highest BCUT2D eigenvalue weighted by Crippen LogP contribution is 2.28. The molecule has 0 spiro atoms. The predicted octanol–water partition coefficient (Wildman–Crippen LogP) is 4.41. The van der Waals surface area contributed by atoms with Gasteiger partial charge in [-0.25, -0.2) is 5.43 Å². The first kappa shape index (κ1) is 18.2. The number of benzene rings is 2. The number of aryl methyl sites for hydroxylation is 1. The fourth-order valence-electron chi connectivity index (χ4n) is 2.10. The average Bonchev–Trinajstić information content (AvgIpc) is 2.53. The minimum Gasteiger partial charge on any atom is -0.483 e. The van der Waals surface area contributed by atoms with Gasteiger partial charge in [-0.05, 0) is 52.0 Å². The van der Waals surface area contributed by atoms with Crippen molar-refractivity contribution in [3.8, 4) is 5.75 Å². The molecule has 0 radical (unpaired) electrons. The Morgan fingerprint density at radius 2 is 2.08 bits per heavy atom. The summed E-state index contributed by atoms with van der Waals surface area (Å²) >= 11 is 3.47. The van der Waals surface area contributed by atoms with Gasteiger partial charge in [0.25, 0.3) is 5.91 Å². The van der Waals surface area contributed by atoms with E-state index in [1.807, 2.05) is 49.4 Å². The fraction of sp³-hybridized carbons (Fsp3) is 0.263. The van der Waals surface area contributed by atoms with Gasteiger partial charge in [-0.1, -0.05) is 49.7 Å². The first-order valence-electron chi connectivity index (χ1n) is 7.76. The van der Waals surface area contributed by atoms with Crippen molar-refractivity contribution in [2.75, 3.05) is 6.61 Å². The lowest BCUT2D eigenvalue weighted by Gasteiger charge is -2.10. The van der Waals surface area contributed by atoms with Gasteiger partial charge in [0.15, 0.2) is 6.61 Å². The smallest absolute Gasteiger partial charge is 0.277 e. The quantitative estimate of drug-likeness (QED) is 0.588. The maximum atomic E-state index is 11.8. The maximum absolute atomic E-state index is 11.8. The van der Waals surface area contributed by atoms with Crippen LogP contribution in [0.2, 0.25) is 0 Å². The van der Waals surface area contributed by atoms with E-state index in [1.54, 1.807) is 6.21 Å². The summed E-state index contributed by atoms with van der Waals surface area (Å²) in [7, 11) is 0. The second-order valence-corrected chi connectivity index (χ2v) is 6.69. The molecule has 0 unspecified atom stereocenters. The van der Waals surface area contributed by atoms with Crippen LogP contribution in [0.1, 0.15) is 36.5 Å². The van der Waals surface area contributed by atoms with Gasteiger partial charge in [0, 0.05) is 0 Å². The molecule has 0 aliphatic heterocycles. The molecule has 0 fully saturated rings. The van der Waals surface area contributed by atoms with Crippen LogP contribution in [0.25, 0.3) is 0 Å². The lowest BCUT2D eigenvalue weighted by molar-refractivity contribution is -0.123. The Hall–Kier alpha value is -2.14. The number of halogens is 1. The van der Waals surface area contributed by atoms with Crippen LogP contribution in [0.3, 0.4) is 0 Å². The minimum atomic E-state index is -0.307. The van der Waals surface area contributed by atoms with Crippen molar-refractivity contribution in [1.29, 1.82) is 0 Å². The van der Waals surface area contributed by atoms with Crippen LogP contribution in [0, 0.1) is 6.92 Å². The topological polar surface area (TPSA) is 50.7 Å². The molecule has 0 aliphatic rings. The summed E-state index contributed by atoms with van der Waals surface area (Å²) in [6.07, 6.45) is 1.61. The summed E-state index contributed by atoms with van der Waals surface area (Å²) in [5, 5.41) is 3.94. The third-order valence-electron chi connectivity index (χ3n) is 3.43. The molecule has 0 saturated carbocycles. The first-order valence-corrected chi connectivity index (χ1v) is 8.56. The number of nitrogens with zero attached hydrogens (tertiary/aromatic N) is 1. The normalized spacial score (nSPS) is 11.0. The minimum absolute atomic E-state index is 0.0925. The van der Waals surface area contributed by atoms with Gasteiger partial charge in [-0.15, -0.1) is 0 Å². The van der Waals surface area contributed by atoms with Crippen LogP contribution in [-0.4, -0.2) is 18.7 Å². The number of nitrogens with one attached hydrogen (secondary N) is 1. The Balaban J connectivity index is 1.85. The standard InChI is InChI=1S/C19H21BrN2O2/c1-13(2)16-7-8-18(17(20)10-16)24-12-19(23)22-21-11-15-6-4-5-14(3)9-15/h4-11,13H,12H2,1-3H3,(H,22,23)/b21-11+. The van der Waals surface area contributed by atoms with E-state index in [2.05, 4.69) is 40.3 Å². The van der Waals surface area contributed by atoms with Gasteiger partial charge >= 0.3 is 0 Å². The van der Waals surface area contributed by atoms with Crippen LogP contribution < -0.4 is 10.2 Å². The molecule has 1 N–H and O–H groups in total. The molecule has 4 nitrogen and oxygen atoms in total. The Bertz CT molecular complexity index is 742. The first-order chi connectivity index (χ1) is 11.5. The summed E-state index contributed by atoms with van der Waals surface area (Å²) in [5.74, 6) is 0.769. The largest absolute Gasteiger partial charge is 0.483 e.